The number of aromatic nitrogens is 1. The van der Waals surface area contributed by atoms with Gasteiger partial charge in [0.25, 0.3) is 0 Å². The Morgan fingerprint density at radius 2 is 1.85 bits per heavy atom. The van der Waals surface area contributed by atoms with Gasteiger partial charge in [0.1, 0.15) is 5.69 Å². The first kappa shape index (κ1) is 16.4. The van der Waals surface area contributed by atoms with Crippen LogP contribution in [0.25, 0.3) is 0 Å². The summed E-state index contributed by atoms with van der Waals surface area (Å²) in [5, 5.41) is 9.68. The van der Waals surface area contributed by atoms with Gasteiger partial charge in [0.05, 0.1) is 6.10 Å². The molecular formula is C15H23NO4. The fourth-order valence-electron chi connectivity index (χ4n) is 2.02. The van der Waals surface area contributed by atoms with E-state index in [0.29, 0.717) is 16.8 Å². The van der Waals surface area contributed by atoms with Crippen molar-refractivity contribution in [2.45, 2.75) is 47.6 Å². The standard InChI is InChI=1S/C15H23NO4/c1-8-12(10(3)17)9(2)16-13(8)14(19)20-7-11(18)15(4,5)6/h10,16-17H,7H2,1-6H3/t10-/m1/s1. The van der Waals surface area contributed by atoms with E-state index in [-0.39, 0.29) is 12.4 Å². The van der Waals surface area contributed by atoms with Gasteiger partial charge in [0.15, 0.2) is 12.4 Å². The zero-order valence-electron chi connectivity index (χ0n) is 13.0. The number of aliphatic hydroxyl groups is 1. The largest absolute Gasteiger partial charge is 0.453 e. The number of hydrogen-bond donors (Lipinski definition) is 2. The van der Waals surface area contributed by atoms with Crippen LogP contribution < -0.4 is 0 Å². The highest BCUT2D eigenvalue weighted by Gasteiger charge is 2.25. The predicted molar refractivity (Wildman–Crippen MR) is 75.6 cm³/mol. The second-order valence-corrected chi connectivity index (χ2v) is 6.09. The van der Waals surface area contributed by atoms with Gasteiger partial charge in [0, 0.05) is 16.7 Å². The number of nitrogens with one attached hydrogen (secondary N) is 1. The molecule has 0 unspecified atom stereocenters. The summed E-state index contributed by atoms with van der Waals surface area (Å²) in [4.78, 5) is 26.6. The molecular weight excluding hydrogens is 258 g/mol. The number of carbonyl (C=O) groups is 2. The molecule has 0 spiro atoms. The Bertz CT molecular complexity index is 521. The molecule has 0 aliphatic carbocycles. The molecule has 0 saturated heterocycles. The Balaban J connectivity index is 2.85. The molecule has 0 aromatic carbocycles. The zero-order valence-corrected chi connectivity index (χ0v) is 13.0. The summed E-state index contributed by atoms with van der Waals surface area (Å²) < 4.78 is 5.04. The lowest BCUT2D eigenvalue weighted by Gasteiger charge is -2.16. The van der Waals surface area contributed by atoms with Gasteiger partial charge in [-0.2, -0.15) is 0 Å². The lowest BCUT2D eigenvalue weighted by atomic mass is 9.91. The van der Waals surface area contributed by atoms with Crippen LogP contribution in [0.15, 0.2) is 0 Å². The highest BCUT2D eigenvalue weighted by molar-refractivity contribution is 5.93. The van der Waals surface area contributed by atoms with E-state index in [1.54, 1.807) is 41.5 Å². The van der Waals surface area contributed by atoms with Crippen molar-refractivity contribution in [3.63, 3.8) is 0 Å². The number of aromatic amines is 1. The van der Waals surface area contributed by atoms with Gasteiger partial charge in [-0.3, -0.25) is 4.79 Å². The van der Waals surface area contributed by atoms with Crippen LogP contribution in [0.2, 0.25) is 0 Å². The van der Waals surface area contributed by atoms with Crippen molar-refractivity contribution in [3.05, 3.63) is 22.5 Å². The van der Waals surface area contributed by atoms with Crippen molar-refractivity contribution in [1.82, 2.24) is 4.98 Å². The summed E-state index contributed by atoms with van der Waals surface area (Å²) in [7, 11) is 0. The molecule has 0 fully saturated rings. The smallest absolute Gasteiger partial charge is 0.355 e. The van der Waals surface area contributed by atoms with Crippen LogP contribution in [0.3, 0.4) is 0 Å². The summed E-state index contributed by atoms with van der Waals surface area (Å²) in [6.07, 6.45) is -0.663. The minimum Gasteiger partial charge on any atom is -0.453 e. The third-order valence-corrected chi connectivity index (χ3v) is 3.29. The summed E-state index contributed by atoms with van der Waals surface area (Å²) in [6, 6.07) is 0. The zero-order chi connectivity index (χ0) is 15.7. The molecule has 0 bridgehead atoms. The van der Waals surface area contributed by atoms with E-state index in [0.717, 1.165) is 5.69 Å². The van der Waals surface area contributed by atoms with E-state index in [1.165, 1.54) is 0 Å². The normalized spacial score (nSPS) is 13.2. The van der Waals surface area contributed by atoms with Crippen LogP contribution in [0.5, 0.6) is 0 Å². The van der Waals surface area contributed by atoms with Gasteiger partial charge < -0.3 is 14.8 Å². The Kier molecular flexibility index (Phi) is 4.76. The molecule has 0 radical (unpaired) electrons. The van der Waals surface area contributed by atoms with Gasteiger partial charge in [-0.15, -0.1) is 0 Å². The van der Waals surface area contributed by atoms with Crippen LogP contribution in [-0.2, 0) is 9.53 Å². The van der Waals surface area contributed by atoms with Crippen LogP contribution in [0, 0.1) is 19.3 Å². The molecule has 1 aromatic rings. The molecule has 1 heterocycles. The number of aliphatic hydroxyl groups excluding tert-OH is 1. The number of aryl methyl sites for hydroxylation is 1. The van der Waals surface area contributed by atoms with Crippen molar-refractivity contribution < 1.29 is 19.4 Å². The molecule has 5 heteroatoms. The quantitative estimate of drug-likeness (QED) is 0.831. The average Bonchev–Trinajstić information content (AvgIpc) is 2.59. The summed E-state index contributed by atoms with van der Waals surface area (Å²) in [5.41, 5.74) is 1.84. The van der Waals surface area contributed by atoms with E-state index < -0.39 is 17.5 Å². The first-order valence-electron chi connectivity index (χ1n) is 6.63. The maximum atomic E-state index is 12.0. The van der Waals surface area contributed by atoms with Gasteiger partial charge in [-0.05, 0) is 26.3 Å². The first-order valence-corrected chi connectivity index (χ1v) is 6.63. The third kappa shape index (κ3) is 3.48. The molecule has 5 nitrogen and oxygen atoms in total. The predicted octanol–water partition coefficient (Wildman–Crippen LogP) is 2.46. The molecule has 112 valence electrons. The highest BCUT2D eigenvalue weighted by atomic mass is 16.5. The van der Waals surface area contributed by atoms with Gasteiger partial charge >= 0.3 is 5.97 Å². The molecule has 1 aromatic heterocycles. The molecule has 1 rings (SSSR count). The molecule has 0 aliphatic rings. The number of H-pyrrole nitrogens is 1. The molecule has 1 atom stereocenters. The number of hydrogen-bond acceptors (Lipinski definition) is 4. The Labute approximate surface area is 119 Å². The molecule has 0 saturated carbocycles. The van der Waals surface area contributed by atoms with E-state index in [2.05, 4.69) is 4.98 Å². The highest BCUT2D eigenvalue weighted by Crippen LogP contribution is 2.25. The molecule has 2 N–H and O–H groups in total. The van der Waals surface area contributed by atoms with Crippen LogP contribution in [-0.4, -0.2) is 28.4 Å². The van der Waals surface area contributed by atoms with Crippen LogP contribution in [0.4, 0.5) is 0 Å². The van der Waals surface area contributed by atoms with Crippen molar-refractivity contribution in [2.75, 3.05) is 6.61 Å². The number of esters is 1. The number of ether oxygens (including phenoxy) is 1. The first-order chi connectivity index (χ1) is 9.05. The van der Waals surface area contributed by atoms with Crippen molar-refractivity contribution in [1.29, 1.82) is 0 Å². The second-order valence-electron chi connectivity index (χ2n) is 6.09. The lowest BCUT2D eigenvalue weighted by molar-refractivity contribution is -0.129. The van der Waals surface area contributed by atoms with Crippen LogP contribution in [0.1, 0.15) is 61.1 Å². The van der Waals surface area contributed by atoms with Crippen molar-refractivity contribution in [3.8, 4) is 0 Å². The Morgan fingerprint density at radius 1 is 1.30 bits per heavy atom. The molecule has 0 aliphatic heterocycles. The summed E-state index contributed by atoms with van der Waals surface area (Å²) in [6.45, 7) is 10.3. The minimum absolute atomic E-state index is 0.137. The second kappa shape index (κ2) is 5.79. The number of ketones is 1. The lowest BCUT2D eigenvalue weighted by Crippen LogP contribution is -2.26. The maximum Gasteiger partial charge on any atom is 0.355 e. The Morgan fingerprint density at radius 3 is 2.25 bits per heavy atom. The van der Waals surface area contributed by atoms with E-state index in [4.69, 9.17) is 4.74 Å². The fourth-order valence-corrected chi connectivity index (χ4v) is 2.02. The summed E-state index contributed by atoms with van der Waals surface area (Å²) >= 11 is 0. The summed E-state index contributed by atoms with van der Waals surface area (Å²) in [5.74, 6) is -0.711. The number of rotatable bonds is 4. The van der Waals surface area contributed by atoms with Crippen LogP contribution >= 0.6 is 0 Å². The monoisotopic (exact) mass is 281 g/mol. The van der Waals surface area contributed by atoms with Crippen molar-refractivity contribution >= 4 is 11.8 Å². The minimum atomic E-state index is -0.663. The third-order valence-electron chi connectivity index (χ3n) is 3.29. The average molecular weight is 281 g/mol. The number of Topliss-reactive ketones (excluding diaryl/α,β-unsaturated/α-hetero) is 1. The van der Waals surface area contributed by atoms with Gasteiger partial charge in [-0.1, -0.05) is 20.8 Å². The molecule has 20 heavy (non-hydrogen) atoms. The molecule has 0 amide bonds. The number of carbonyl (C=O) groups excluding carboxylic acids is 2. The van der Waals surface area contributed by atoms with Gasteiger partial charge in [0.2, 0.25) is 0 Å². The topological polar surface area (TPSA) is 79.4 Å². The SMILES string of the molecule is Cc1[nH]c(C(=O)OCC(=O)C(C)(C)C)c(C)c1[C@@H](C)O. The van der Waals surface area contributed by atoms with E-state index in [9.17, 15) is 14.7 Å². The van der Waals surface area contributed by atoms with Gasteiger partial charge in [-0.25, -0.2) is 4.79 Å². The van der Waals surface area contributed by atoms with E-state index in [1.807, 2.05) is 0 Å². The van der Waals surface area contributed by atoms with Crippen molar-refractivity contribution in [2.24, 2.45) is 5.41 Å². The maximum absolute atomic E-state index is 12.0. The Hall–Kier alpha value is -1.62. The fraction of sp³-hybridized carbons (Fsp3) is 0.600. The van der Waals surface area contributed by atoms with E-state index >= 15 is 0 Å².